The van der Waals surface area contributed by atoms with Crippen molar-refractivity contribution in [2.24, 2.45) is 5.10 Å². The minimum Gasteiger partial charge on any atom is -0.462 e. The standard InChI is InChI=1S/C20H20BrN3O4S/c1-3-28-20(27)16-14-5-4-6-15(14)29-19(16)22-17(25)18(26)24-23-11(2)12-7-9-13(21)10-8-12/h7-10H,3-6H2,1-2H3,(H,22,25)(H,24,26)/b23-11+. The highest BCUT2D eigenvalue weighted by molar-refractivity contribution is 9.10. The molecule has 152 valence electrons. The first-order chi connectivity index (χ1) is 13.9. The maximum Gasteiger partial charge on any atom is 0.341 e. The third kappa shape index (κ3) is 4.91. The van der Waals surface area contributed by atoms with E-state index >= 15 is 0 Å². The number of halogens is 1. The van der Waals surface area contributed by atoms with E-state index in [-0.39, 0.29) is 6.61 Å². The molecule has 2 N–H and O–H groups in total. The van der Waals surface area contributed by atoms with E-state index in [2.05, 4.69) is 31.8 Å². The van der Waals surface area contributed by atoms with Crippen LogP contribution < -0.4 is 10.7 Å². The second kappa shape index (κ2) is 9.32. The summed E-state index contributed by atoms with van der Waals surface area (Å²) < 4.78 is 6.05. The molecule has 0 saturated carbocycles. The molecule has 1 aliphatic carbocycles. The molecule has 0 unspecified atom stereocenters. The summed E-state index contributed by atoms with van der Waals surface area (Å²) in [5.74, 6) is -2.28. The number of ether oxygens (including phenoxy) is 1. The average molecular weight is 478 g/mol. The van der Waals surface area contributed by atoms with Crippen LogP contribution in [-0.2, 0) is 27.2 Å². The van der Waals surface area contributed by atoms with E-state index in [0.717, 1.165) is 39.7 Å². The number of rotatable bonds is 5. The molecule has 0 saturated heterocycles. The van der Waals surface area contributed by atoms with Crippen LogP contribution >= 0.6 is 27.3 Å². The molecule has 9 heteroatoms. The van der Waals surface area contributed by atoms with Crippen LogP contribution in [0.15, 0.2) is 33.8 Å². The Bertz CT molecular complexity index is 982. The molecule has 1 aromatic heterocycles. The maximum atomic E-state index is 12.3. The third-order valence-corrected chi connectivity index (χ3v) is 6.16. The predicted molar refractivity (Wildman–Crippen MR) is 115 cm³/mol. The van der Waals surface area contributed by atoms with Gasteiger partial charge in [0.15, 0.2) is 0 Å². The van der Waals surface area contributed by atoms with Crippen molar-refractivity contribution in [1.29, 1.82) is 0 Å². The molecule has 1 aliphatic rings. The van der Waals surface area contributed by atoms with Crippen molar-refractivity contribution in [3.05, 3.63) is 50.3 Å². The van der Waals surface area contributed by atoms with Gasteiger partial charge in [-0.1, -0.05) is 28.1 Å². The lowest BCUT2D eigenvalue weighted by Crippen LogP contribution is -2.33. The summed E-state index contributed by atoms with van der Waals surface area (Å²) in [6.07, 6.45) is 2.58. The van der Waals surface area contributed by atoms with Crippen LogP contribution in [0, 0.1) is 0 Å². The van der Waals surface area contributed by atoms with E-state index in [9.17, 15) is 14.4 Å². The summed E-state index contributed by atoms with van der Waals surface area (Å²) in [6.45, 7) is 3.69. The highest BCUT2D eigenvalue weighted by Crippen LogP contribution is 2.39. The molecule has 0 radical (unpaired) electrons. The number of carbonyl (C=O) groups excluding carboxylic acids is 3. The molecule has 0 spiro atoms. The molecular weight excluding hydrogens is 458 g/mol. The largest absolute Gasteiger partial charge is 0.462 e. The van der Waals surface area contributed by atoms with Crippen LogP contribution in [0.3, 0.4) is 0 Å². The van der Waals surface area contributed by atoms with E-state index in [0.29, 0.717) is 16.3 Å². The fraction of sp³-hybridized carbons (Fsp3) is 0.300. The van der Waals surface area contributed by atoms with Crippen molar-refractivity contribution < 1.29 is 19.1 Å². The van der Waals surface area contributed by atoms with Crippen molar-refractivity contribution >= 4 is 55.8 Å². The molecule has 7 nitrogen and oxygen atoms in total. The van der Waals surface area contributed by atoms with Crippen molar-refractivity contribution in [3.63, 3.8) is 0 Å². The van der Waals surface area contributed by atoms with Crippen molar-refractivity contribution in [2.45, 2.75) is 33.1 Å². The number of benzene rings is 1. The van der Waals surface area contributed by atoms with Crippen LogP contribution in [-0.4, -0.2) is 30.1 Å². The minimum atomic E-state index is -0.912. The Morgan fingerprint density at radius 2 is 1.90 bits per heavy atom. The first kappa shape index (κ1) is 21.2. The molecule has 0 atom stereocenters. The second-order valence-electron chi connectivity index (χ2n) is 6.38. The number of anilines is 1. The monoisotopic (exact) mass is 477 g/mol. The van der Waals surface area contributed by atoms with Crippen LogP contribution in [0.2, 0.25) is 0 Å². The average Bonchev–Trinajstić information content (AvgIpc) is 3.27. The zero-order chi connectivity index (χ0) is 21.0. The van der Waals surface area contributed by atoms with Gasteiger partial charge in [0.2, 0.25) is 0 Å². The molecule has 2 amide bonds. The van der Waals surface area contributed by atoms with Gasteiger partial charge in [0.1, 0.15) is 5.00 Å². The zero-order valence-electron chi connectivity index (χ0n) is 16.0. The number of hydrogen-bond donors (Lipinski definition) is 2. The molecule has 0 aliphatic heterocycles. The van der Waals surface area contributed by atoms with Crippen molar-refractivity contribution in [2.75, 3.05) is 11.9 Å². The number of thiophene rings is 1. The van der Waals surface area contributed by atoms with E-state index < -0.39 is 17.8 Å². The number of hydrazone groups is 1. The summed E-state index contributed by atoms with van der Waals surface area (Å²) in [7, 11) is 0. The Balaban J connectivity index is 1.70. The first-order valence-corrected chi connectivity index (χ1v) is 10.7. The summed E-state index contributed by atoms with van der Waals surface area (Å²) in [6, 6.07) is 7.40. The Morgan fingerprint density at radius 1 is 1.17 bits per heavy atom. The second-order valence-corrected chi connectivity index (χ2v) is 8.40. The lowest BCUT2D eigenvalue weighted by atomic mass is 10.1. The van der Waals surface area contributed by atoms with Crippen LogP contribution in [0.25, 0.3) is 0 Å². The van der Waals surface area contributed by atoms with Crippen LogP contribution in [0.5, 0.6) is 0 Å². The zero-order valence-corrected chi connectivity index (χ0v) is 18.4. The van der Waals surface area contributed by atoms with Gasteiger partial charge in [-0.15, -0.1) is 11.3 Å². The molecule has 3 rings (SSSR count). The van der Waals surface area contributed by atoms with Gasteiger partial charge in [0.25, 0.3) is 0 Å². The number of amides is 2. The molecule has 29 heavy (non-hydrogen) atoms. The Hall–Kier alpha value is -2.52. The van der Waals surface area contributed by atoms with E-state index in [4.69, 9.17) is 4.74 Å². The number of fused-ring (bicyclic) bond motifs is 1. The lowest BCUT2D eigenvalue weighted by Gasteiger charge is -2.07. The summed E-state index contributed by atoms with van der Waals surface area (Å²) in [4.78, 5) is 37.9. The Kier molecular flexibility index (Phi) is 6.81. The fourth-order valence-electron chi connectivity index (χ4n) is 3.01. The normalized spacial score (nSPS) is 13.0. The van der Waals surface area contributed by atoms with Crippen molar-refractivity contribution in [1.82, 2.24) is 5.43 Å². The maximum absolute atomic E-state index is 12.3. The first-order valence-electron chi connectivity index (χ1n) is 9.14. The van der Waals surface area contributed by atoms with Crippen molar-refractivity contribution in [3.8, 4) is 0 Å². The van der Waals surface area contributed by atoms with Gasteiger partial charge in [-0.3, -0.25) is 9.59 Å². The molecular formula is C20H20BrN3O4S. The van der Waals surface area contributed by atoms with Gasteiger partial charge in [0, 0.05) is 9.35 Å². The van der Waals surface area contributed by atoms with Gasteiger partial charge in [-0.2, -0.15) is 5.10 Å². The number of hydrogen-bond acceptors (Lipinski definition) is 6. The van der Waals surface area contributed by atoms with Gasteiger partial charge in [0.05, 0.1) is 17.9 Å². The topological polar surface area (TPSA) is 96.9 Å². The quantitative estimate of drug-likeness (QED) is 0.297. The minimum absolute atomic E-state index is 0.237. The molecule has 2 aromatic rings. The summed E-state index contributed by atoms with van der Waals surface area (Å²) in [5.41, 5.74) is 4.89. The summed E-state index contributed by atoms with van der Waals surface area (Å²) >= 11 is 4.67. The number of nitrogens with zero attached hydrogens (tertiary/aromatic N) is 1. The fourth-order valence-corrected chi connectivity index (χ4v) is 4.55. The number of esters is 1. The van der Waals surface area contributed by atoms with Crippen LogP contribution in [0.1, 0.15) is 46.6 Å². The highest BCUT2D eigenvalue weighted by atomic mass is 79.9. The van der Waals surface area contributed by atoms with E-state index in [1.54, 1.807) is 13.8 Å². The smallest absolute Gasteiger partial charge is 0.341 e. The van der Waals surface area contributed by atoms with E-state index in [1.807, 2.05) is 24.3 Å². The summed E-state index contributed by atoms with van der Waals surface area (Å²) in [5, 5.41) is 6.87. The third-order valence-electron chi connectivity index (χ3n) is 4.42. The number of nitrogens with one attached hydrogen (secondary N) is 2. The lowest BCUT2D eigenvalue weighted by molar-refractivity contribution is -0.136. The molecule has 1 aromatic carbocycles. The van der Waals surface area contributed by atoms with E-state index in [1.165, 1.54) is 11.3 Å². The Labute approximate surface area is 180 Å². The highest BCUT2D eigenvalue weighted by Gasteiger charge is 2.29. The Morgan fingerprint density at radius 3 is 2.59 bits per heavy atom. The van der Waals surface area contributed by atoms with Gasteiger partial charge >= 0.3 is 17.8 Å². The molecule has 0 bridgehead atoms. The van der Waals surface area contributed by atoms with Gasteiger partial charge in [-0.05, 0) is 56.4 Å². The number of aryl methyl sites for hydroxylation is 1. The van der Waals surface area contributed by atoms with Gasteiger partial charge in [-0.25, -0.2) is 10.2 Å². The SMILES string of the molecule is CCOC(=O)c1c(NC(=O)C(=O)N/N=C(\C)c2ccc(Br)cc2)sc2c1CCC2. The molecule has 1 heterocycles. The molecule has 0 fully saturated rings. The van der Waals surface area contributed by atoms with Gasteiger partial charge < -0.3 is 10.1 Å². The van der Waals surface area contributed by atoms with Crippen LogP contribution in [0.4, 0.5) is 5.00 Å². The predicted octanol–water partition coefficient (Wildman–Crippen LogP) is 3.65. The number of carbonyl (C=O) groups is 3.